The molecule has 3 N–H and O–H groups in total. The molecule has 1 aromatic carbocycles. The van der Waals surface area contributed by atoms with Crippen LogP contribution in [-0.2, 0) is 19.6 Å². The smallest absolute Gasteiger partial charge is 0.238 e. The van der Waals surface area contributed by atoms with Crippen LogP contribution in [0.2, 0.25) is 0 Å². The van der Waals surface area contributed by atoms with E-state index in [1.807, 2.05) is 0 Å². The molecule has 20 heavy (non-hydrogen) atoms. The molecule has 1 aliphatic heterocycles. The lowest BCUT2D eigenvalue weighted by Gasteiger charge is -2.21. The summed E-state index contributed by atoms with van der Waals surface area (Å²) in [6.45, 7) is 0.968. The summed E-state index contributed by atoms with van der Waals surface area (Å²) in [4.78, 5) is 11.7. The van der Waals surface area contributed by atoms with Gasteiger partial charge in [0.2, 0.25) is 15.9 Å². The van der Waals surface area contributed by atoms with E-state index in [0.29, 0.717) is 26.1 Å². The first-order chi connectivity index (χ1) is 9.38. The Morgan fingerprint density at radius 1 is 1.35 bits per heavy atom. The van der Waals surface area contributed by atoms with Gasteiger partial charge in [-0.15, -0.1) is 0 Å². The van der Waals surface area contributed by atoms with Crippen molar-refractivity contribution in [1.29, 1.82) is 0 Å². The zero-order valence-electron chi connectivity index (χ0n) is 10.6. The van der Waals surface area contributed by atoms with Gasteiger partial charge in [-0.05, 0) is 31.0 Å². The van der Waals surface area contributed by atoms with Gasteiger partial charge in [0.15, 0.2) is 0 Å². The lowest BCUT2D eigenvalue weighted by Crippen LogP contribution is -2.29. The van der Waals surface area contributed by atoms with E-state index in [1.165, 1.54) is 0 Å². The van der Waals surface area contributed by atoms with E-state index in [-0.39, 0.29) is 22.4 Å². The number of hydrogen-bond acceptors (Lipinski definition) is 4. The maximum Gasteiger partial charge on any atom is 0.238 e. The lowest BCUT2D eigenvalue weighted by atomic mass is 9.99. The minimum atomic E-state index is -3.94. The summed E-state index contributed by atoms with van der Waals surface area (Å²) in [5, 5.41) is 7.37. The van der Waals surface area contributed by atoms with E-state index >= 15 is 0 Å². The van der Waals surface area contributed by atoms with E-state index in [1.54, 1.807) is 0 Å². The molecule has 2 rings (SSSR count). The SMILES string of the molecule is NS(=O)(=O)c1ccc(F)c(NC(=O)C2CCOCC2)c1. The molecular formula is C12H15FN2O4S. The Hall–Kier alpha value is -1.51. The maximum atomic E-state index is 13.6. The van der Waals surface area contributed by atoms with Crippen molar-refractivity contribution in [2.24, 2.45) is 11.1 Å². The van der Waals surface area contributed by atoms with Crippen molar-refractivity contribution >= 4 is 21.6 Å². The van der Waals surface area contributed by atoms with Gasteiger partial charge >= 0.3 is 0 Å². The largest absolute Gasteiger partial charge is 0.381 e. The predicted octanol–water partition coefficient (Wildman–Crippen LogP) is 0.838. The molecule has 8 heteroatoms. The number of ether oxygens (including phenoxy) is 1. The number of anilines is 1. The van der Waals surface area contributed by atoms with Gasteiger partial charge in [-0.3, -0.25) is 4.79 Å². The van der Waals surface area contributed by atoms with Crippen LogP contribution in [0.4, 0.5) is 10.1 Å². The normalized spacial score (nSPS) is 16.9. The molecule has 110 valence electrons. The topological polar surface area (TPSA) is 98.5 Å². The molecule has 0 radical (unpaired) electrons. The quantitative estimate of drug-likeness (QED) is 0.864. The molecule has 0 aliphatic carbocycles. The molecule has 0 saturated carbocycles. The Labute approximate surface area is 116 Å². The van der Waals surface area contributed by atoms with Crippen molar-refractivity contribution in [3.63, 3.8) is 0 Å². The Morgan fingerprint density at radius 2 is 2.00 bits per heavy atom. The second-order valence-electron chi connectivity index (χ2n) is 4.56. The number of amides is 1. The van der Waals surface area contributed by atoms with Gasteiger partial charge in [0, 0.05) is 19.1 Å². The minimum absolute atomic E-state index is 0.187. The van der Waals surface area contributed by atoms with Gasteiger partial charge in [-0.25, -0.2) is 17.9 Å². The number of benzene rings is 1. The molecule has 0 atom stereocenters. The molecule has 1 heterocycles. The molecular weight excluding hydrogens is 287 g/mol. The van der Waals surface area contributed by atoms with Gasteiger partial charge in [0.25, 0.3) is 0 Å². The first-order valence-electron chi connectivity index (χ1n) is 6.09. The van der Waals surface area contributed by atoms with Crippen molar-refractivity contribution in [1.82, 2.24) is 0 Å². The van der Waals surface area contributed by atoms with Crippen LogP contribution >= 0.6 is 0 Å². The number of nitrogens with two attached hydrogens (primary N) is 1. The molecule has 0 bridgehead atoms. The summed E-state index contributed by atoms with van der Waals surface area (Å²) < 4.78 is 41.2. The molecule has 6 nitrogen and oxygen atoms in total. The number of rotatable bonds is 3. The third-order valence-corrected chi connectivity index (χ3v) is 4.03. The Kier molecular flexibility index (Phi) is 4.36. The second-order valence-corrected chi connectivity index (χ2v) is 6.12. The van der Waals surface area contributed by atoms with E-state index in [4.69, 9.17) is 9.88 Å². The predicted molar refractivity (Wildman–Crippen MR) is 69.9 cm³/mol. The van der Waals surface area contributed by atoms with E-state index in [0.717, 1.165) is 18.2 Å². The standard InChI is InChI=1S/C12H15FN2O4S/c13-10-2-1-9(20(14,17)18)7-11(10)15-12(16)8-3-5-19-6-4-8/h1-2,7-8H,3-6H2,(H,15,16)(H2,14,17,18). The van der Waals surface area contributed by atoms with Gasteiger partial charge in [-0.2, -0.15) is 0 Å². The van der Waals surface area contributed by atoms with Crippen LogP contribution in [0.1, 0.15) is 12.8 Å². The number of sulfonamides is 1. The lowest BCUT2D eigenvalue weighted by molar-refractivity contribution is -0.122. The van der Waals surface area contributed by atoms with Gasteiger partial charge in [0.05, 0.1) is 10.6 Å². The van der Waals surface area contributed by atoms with Crippen LogP contribution in [-0.4, -0.2) is 27.5 Å². The number of primary sulfonamides is 1. The zero-order chi connectivity index (χ0) is 14.8. The highest BCUT2D eigenvalue weighted by atomic mass is 32.2. The fourth-order valence-corrected chi connectivity index (χ4v) is 2.51. The number of carbonyl (C=O) groups is 1. The van der Waals surface area contributed by atoms with Gasteiger partial charge in [0.1, 0.15) is 5.82 Å². The molecule has 0 unspecified atom stereocenters. The molecule has 1 fully saturated rings. The Balaban J connectivity index is 2.18. The molecule has 1 amide bonds. The Bertz CT molecular complexity index is 612. The van der Waals surface area contributed by atoms with Crippen molar-refractivity contribution < 1.29 is 22.3 Å². The summed E-state index contributed by atoms with van der Waals surface area (Å²) in [5.41, 5.74) is -0.187. The highest BCUT2D eigenvalue weighted by Crippen LogP contribution is 2.22. The van der Waals surface area contributed by atoms with Crippen molar-refractivity contribution in [3.8, 4) is 0 Å². The summed E-state index contributed by atoms with van der Waals surface area (Å²) in [7, 11) is -3.94. The highest BCUT2D eigenvalue weighted by molar-refractivity contribution is 7.89. The summed E-state index contributed by atoms with van der Waals surface area (Å²) in [6, 6.07) is 3.02. The van der Waals surface area contributed by atoms with Crippen molar-refractivity contribution in [2.45, 2.75) is 17.7 Å². The van der Waals surface area contributed by atoms with Gasteiger partial charge in [-0.1, -0.05) is 0 Å². The van der Waals surface area contributed by atoms with E-state index in [2.05, 4.69) is 5.32 Å². The molecule has 0 aromatic heterocycles. The number of carbonyl (C=O) groups excluding carboxylic acids is 1. The fourth-order valence-electron chi connectivity index (χ4n) is 1.97. The Morgan fingerprint density at radius 3 is 2.60 bits per heavy atom. The van der Waals surface area contributed by atoms with Crippen molar-refractivity contribution in [3.05, 3.63) is 24.0 Å². The molecule has 0 spiro atoms. The minimum Gasteiger partial charge on any atom is -0.381 e. The van der Waals surface area contributed by atoms with Crippen LogP contribution in [0.5, 0.6) is 0 Å². The van der Waals surface area contributed by atoms with Crippen LogP contribution in [0, 0.1) is 11.7 Å². The van der Waals surface area contributed by atoms with Crippen molar-refractivity contribution in [2.75, 3.05) is 18.5 Å². The average molecular weight is 302 g/mol. The van der Waals surface area contributed by atoms with Crippen LogP contribution in [0.15, 0.2) is 23.1 Å². The third-order valence-electron chi connectivity index (χ3n) is 3.12. The number of halogens is 1. The van der Waals surface area contributed by atoms with Gasteiger partial charge < -0.3 is 10.1 Å². The first-order valence-corrected chi connectivity index (χ1v) is 7.63. The first kappa shape index (κ1) is 14.9. The van der Waals surface area contributed by atoms with E-state index in [9.17, 15) is 17.6 Å². The number of hydrogen-bond donors (Lipinski definition) is 2. The second kappa shape index (κ2) is 5.86. The molecule has 1 saturated heterocycles. The third kappa shape index (κ3) is 3.53. The van der Waals surface area contributed by atoms with Crippen LogP contribution in [0.3, 0.4) is 0 Å². The van der Waals surface area contributed by atoms with E-state index < -0.39 is 15.8 Å². The summed E-state index contributed by atoms with van der Waals surface area (Å²) in [6.07, 6.45) is 1.12. The average Bonchev–Trinajstić information content (AvgIpc) is 2.41. The highest BCUT2D eigenvalue weighted by Gasteiger charge is 2.23. The molecule has 1 aliphatic rings. The molecule has 1 aromatic rings. The zero-order valence-corrected chi connectivity index (χ0v) is 11.5. The monoisotopic (exact) mass is 302 g/mol. The summed E-state index contributed by atoms with van der Waals surface area (Å²) >= 11 is 0. The maximum absolute atomic E-state index is 13.6. The fraction of sp³-hybridized carbons (Fsp3) is 0.417. The number of nitrogens with one attached hydrogen (secondary N) is 1. The van der Waals surface area contributed by atoms with Crippen LogP contribution < -0.4 is 10.5 Å². The summed E-state index contributed by atoms with van der Waals surface area (Å²) in [5.74, 6) is -1.32. The van der Waals surface area contributed by atoms with Crippen LogP contribution in [0.25, 0.3) is 0 Å².